The first-order valence-corrected chi connectivity index (χ1v) is 7.81. The summed E-state index contributed by atoms with van der Waals surface area (Å²) in [5, 5.41) is 4.20. The Hall–Kier alpha value is -2.34. The molecule has 0 fully saturated rings. The maximum absolute atomic E-state index is 5.37. The molecule has 0 unspecified atom stereocenters. The van der Waals surface area contributed by atoms with Crippen molar-refractivity contribution in [2.75, 3.05) is 19.5 Å². The summed E-state index contributed by atoms with van der Waals surface area (Å²) in [6.45, 7) is 2.04. The molecule has 1 N–H and O–H groups in total. The number of hydrogen-bond donors (Lipinski definition) is 1. The molecule has 0 atom stereocenters. The van der Waals surface area contributed by atoms with Gasteiger partial charge in [0.2, 0.25) is 0 Å². The van der Waals surface area contributed by atoms with Gasteiger partial charge in [-0.05, 0) is 36.8 Å². The van der Waals surface area contributed by atoms with Gasteiger partial charge in [0.1, 0.15) is 12.1 Å². The van der Waals surface area contributed by atoms with Crippen LogP contribution in [0.15, 0.2) is 41.1 Å². The predicted octanol–water partition coefficient (Wildman–Crippen LogP) is 4.46. The smallest absolute Gasteiger partial charge is 0.162 e. The Labute approximate surface area is 142 Å². The highest BCUT2D eigenvalue weighted by Gasteiger charge is 2.11. The van der Waals surface area contributed by atoms with Crippen molar-refractivity contribution in [3.8, 4) is 11.5 Å². The van der Waals surface area contributed by atoms with Crippen molar-refractivity contribution >= 4 is 38.3 Å². The van der Waals surface area contributed by atoms with Crippen molar-refractivity contribution in [1.82, 2.24) is 9.97 Å². The molecule has 0 saturated carbocycles. The van der Waals surface area contributed by atoms with Crippen LogP contribution in [0.25, 0.3) is 10.9 Å². The minimum absolute atomic E-state index is 0.643. The maximum Gasteiger partial charge on any atom is 0.162 e. The first-order valence-electron chi connectivity index (χ1n) is 7.02. The zero-order chi connectivity index (χ0) is 16.4. The van der Waals surface area contributed by atoms with Crippen molar-refractivity contribution in [1.29, 1.82) is 0 Å². The second-order valence-corrected chi connectivity index (χ2v) is 5.89. The monoisotopic (exact) mass is 373 g/mol. The van der Waals surface area contributed by atoms with Crippen LogP contribution in [0.2, 0.25) is 0 Å². The molecule has 3 aromatic rings. The van der Waals surface area contributed by atoms with Crippen molar-refractivity contribution in [3.63, 3.8) is 0 Å². The third kappa shape index (κ3) is 3.07. The Morgan fingerprint density at radius 1 is 1.00 bits per heavy atom. The van der Waals surface area contributed by atoms with E-state index < -0.39 is 0 Å². The SMILES string of the molecule is COc1cc2ncnc(Nc3ccc(Br)c(C)c3)c2cc1OC. The van der Waals surface area contributed by atoms with E-state index >= 15 is 0 Å². The first-order chi connectivity index (χ1) is 11.1. The fraction of sp³-hybridized carbons (Fsp3) is 0.176. The predicted molar refractivity (Wildman–Crippen MR) is 94.8 cm³/mol. The van der Waals surface area contributed by atoms with Gasteiger partial charge in [-0.3, -0.25) is 0 Å². The van der Waals surface area contributed by atoms with Crippen LogP contribution in [0.1, 0.15) is 5.56 Å². The Bertz CT molecular complexity index is 868. The Morgan fingerprint density at radius 3 is 2.43 bits per heavy atom. The quantitative estimate of drug-likeness (QED) is 0.731. The van der Waals surface area contributed by atoms with E-state index in [-0.39, 0.29) is 0 Å². The minimum atomic E-state index is 0.643. The number of nitrogens with one attached hydrogen (secondary N) is 1. The lowest BCUT2D eigenvalue weighted by molar-refractivity contribution is 0.356. The van der Waals surface area contributed by atoms with Gasteiger partial charge in [-0.1, -0.05) is 15.9 Å². The van der Waals surface area contributed by atoms with E-state index in [9.17, 15) is 0 Å². The molecule has 0 radical (unpaired) electrons. The molecule has 1 aromatic heterocycles. The summed E-state index contributed by atoms with van der Waals surface area (Å²) in [6.07, 6.45) is 1.53. The van der Waals surface area contributed by atoms with Crippen LogP contribution in [-0.4, -0.2) is 24.2 Å². The van der Waals surface area contributed by atoms with E-state index in [1.807, 2.05) is 31.2 Å². The number of fused-ring (bicyclic) bond motifs is 1. The average molecular weight is 374 g/mol. The van der Waals surface area contributed by atoms with Gasteiger partial charge in [0.15, 0.2) is 11.5 Å². The molecule has 1 heterocycles. The third-order valence-corrected chi connectivity index (χ3v) is 4.45. The van der Waals surface area contributed by atoms with E-state index in [1.54, 1.807) is 14.2 Å². The second kappa shape index (κ2) is 6.42. The Balaban J connectivity index is 2.08. The van der Waals surface area contributed by atoms with Gasteiger partial charge in [-0.25, -0.2) is 9.97 Å². The summed E-state index contributed by atoms with van der Waals surface area (Å²) in [5.74, 6) is 2.01. The molecular formula is C17H16BrN3O2. The lowest BCUT2D eigenvalue weighted by Crippen LogP contribution is -1.98. The number of aryl methyl sites for hydroxylation is 1. The van der Waals surface area contributed by atoms with Crippen LogP contribution in [-0.2, 0) is 0 Å². The summed E-state index contributed by atoms with van der Waals surface area (Å²) in [5.41, 5.74) is 2.89. The van der Waals surface area contributed by atoms with Crippen molar-refractivity contribution in [3.05, 3.63) is 46.7 Å². The number of halogens is 1. The van der Waals surface area contributed by atoms with Crippen LogP contribution in [0.4, 0.5) is 11.5 Å². The zero-order valence-electron chi connectivity index (χ0n) is 13.1. The molecule has 0 saturated heterocycles. The minimum Gasteiger partial charge on any atom is -0.493 e. The Kier molecular flexibility index (Phi) is 4.34. The van der Waals surface area contributed by atoms with E-state index in [0.29, 0.717) is 11.5 Å². The molecule has 0 aliphatic carbocycles. The molecule has 6 heteroatoms. The molecular weight excluding hydrogens is 358 g/mol. The van der Waals surface area contributed by atoms with E-state index in [4.69, 9.17) is 9.47 Å². The highest BCUT2D eigenvalue weighted by molar-refractivity contribution is 9.10. The van der Waals surface area contributed by atoms with Gasteiger partial charge in [0.05, 0.1) is 19.7 Å². The molecule has 0 amide bonds. The number of ether oxygens (including phenoxy) is 2. The maximum atomic E-state index is 5.37. The van der Waals surface area contributed by atoms with Gasteiger partial charge in [-0.15, -0.1) is 0 Å². The summed E-state index contributed by atoms with van der Waals surface area (Å²) >= 11 is 3.51. The fourth-order valence-corrected chi connectivity index (χ4v) is 2.59. The number of nitrogens with zero attached hydrogens (tertiary/aromatic N) is 2. The average Bonchev–Trinajstić information content (AvgIpc) is 2.57. The summed E-state index contributed by atoms with van der Waals surface area (Å²) in [4.78, 5) is 8.66. The van der Waals surface area contributed by atoms with Crippen molar-refractivity contribution in [2.24, 2.45) is 0 Å². The number of aromatic nitrogens is 2. The molecule has 3 rings (SSSR count). The lowest BCUT2D eigenvalue weighted by atomic mass is 10.2. The molecule has 118 valence electrons. The van der Waals surface area contributed by atoms with Crippen LogP contribution in [0, 0.1) is 6.92 Å². The first kappa shape index (κ1) is 15.6. The van der Waals surface area contributed by atoms with E-state index in [2.05, 4.69) is 37.3 Å². The van der Waals surface area contributed by atoms with E-state index in [0.717, 1.165) is 32.4 Å². The summed E-state index contributed by atoms with van der Waals surface area (Å²) in [7, 11) is 3.22. The number of benzene rings is 2. The summed E-state index contributed by atoms with van der Waals surface area (Å²) < 4.78 is 11.8. The molecule has 0 spiro atoms. The molecule has 0 aliphatic rings. The van der Waals surface area contributed by atoms with Crippen LogP contribution in [0.5, 0.6) is 11.5 Å². The van der Waals surface area contributed by atoms with Gasteiger partial charge in [0, 0.05) is 21.6 Å². The standard InChI is InChI=1S/C17H16BrN3O2/c1-10-6-11(4-5-13(10)18)21-17-12-7-15(22-2)16(23-3)8-14(12)19-9-20-17/h4-9H,1-3H3,(H,19,20,21). The van der Waals surface area contributed by atoms with Crippen molar-refractivity contribution < 1.29 is 9.47 Å². The normalized spacial score (nSPS) is 10.6. The molecule has 0 aliphatic heterocycles. The van der Waals surface area contributed by atoms with Crippen LogP contribution < -0.4 is 14.8 Å². The van der Waals surface area contributed by atoms with Gasteiger partial charge in [0.25, 0.3) is 0 Å². The molecule has 23 heavy (non-hydrogen) atoms. The largest absolute Gasteiger partial charge is 0.493 e. The van der Waals surface area contributed by atoms with Gasteiger partial charge < -0.3 is 14.8 Å². The van der Waals surface area contributed by atoms with Crippen LogP contribution in [0.3, 0.4) is 0 Å². The van der Waals surface area contributed by atoms with Gasteiger partial charge >= 0.3 is 0 Å². The van der Waals surface area contributed by atoms with E-state index in [1.165, 1.54) is 6.33 Å². The highest BCUT2D eigenvalue weighted by atomic mass is 79.9. The fourth-order valence-electron chi connectivity index (χ4n) is 2.34. The summed E-state index contributed by atoms with van der Waals surface area (Å²) in [6, 6.07) is 9.77. The van der Waals surface area contributed by atoms with Crippen LogP contribution >= 0.6 is 15.9 Å². The second-order valence-electron chi connectivity index (χ2n) is 5.04. The number of anilines is 2. The number of methoxy groups -OCH3 is 2. The topological polar surface area (TPSA) is 56.3 Å². The molecule has 5 nitrogen and oxygen atoms in total. The molecule has 0 bridgehead atoms. The zero-order valence-corrected chi connectivity index (χ0v) is 14.6. The van der Waals surface area contributed by atoms with Gasteiger partial charge in [-0.2, -0.15) is 0 Å². The highest BCUT2D eigenvalue weighted by Crippen LogP contribution is 2.34. The molecule has 2 aromatic carbocycles. The number of rotatable bonds is 4. The van der Waals surface area contributed by atoms with Crippen molar-refractivity contribution in [2.45, 2.75) is 6.92 Å². The lowest BCUT2D eigenvalue weighted by Gasteiger charge is -2.12. The number of hydrogen-bond acceptors (Lipinski definition) is 5. The Morgan fingerprint density at radius 2 is 1.74 bits per heavy atom. The third-order valence-electron chi connectivity index (χ3n) is 3.56.